The molecule has 2 amide bonds. The van der Waals surface area contributed by atoms with E-state index in [4.69, 9.17) is 5.73 Å². The summed E-state index contributed by atoms with van der Waals surface area (Å²) in [7, 11) is 0. The summed E-state index contributed by atoms with van der Waals surface area (Å²) in [6.07, 6.45) is 0.695. The largest absolute Gasteiger partial charge is 0.322 e. The maximum absolute atomic E-state index is 11.0. The third-order valence-corrected chi connectivity index (χ3v) is 1.34. The van der Waals surface area contributed by atoms with Crippen molar-refractivity contribution < 1.29 is 14.4 Å². The molecule has 0 saturated carbocycles. The summed E-state index contributed by atoms with van der Waals surface area (Å²) in [5, 5.41) is 0. The number of carbonyl (C=O) groups is 3. The molecule has 0 unspecified atom stereocenters. The molecule has 0 aliphatic rings. The molecule has 0 atom stereocenters. The van der Waals surface area contributed by atoms with E-state index < -0.39 is 5.91 Å². The summed E-state index contributed by atoms with van der Waals surface area (Å²) < 4.78 is 0. The van der Waals surface area contributed by atoms with Crippen LogP contribution in [0.25, 0.3) is 0 Å². The summed E-state index contributed by atoms with van der Waals surface area (Å²) in [5.74, 6) is -0.897. The Balaban J connectivity index is 4.31. The minimum absolute atomic E-state index is 0.194. The van der Waals surface area contributed by atoms with Crippen molar-refractivity contribution in [2.45, 2.75) is 13.3 Å². The third-order valence-electron chi connectivity index (χ3n) is 1.34. The predicted molar refractivity (Wildman–Crippen MR) is 42.1 cm³/mol. The van der Waals surface area contributed by atoms with Gasteiger partial charge in [0.2, 0.25) is 11.8 Å². The number of aldehydes is 1. The average molecular weight is 172 g/mol. The van der Waals surface area contributed by atoms with Gasteiger partial charge >= 0.3 is 0 Å². The van der Waals surface area contributed by atoms with Crippen molar-refractivity contribution in [1.82, 2.24) is 4.90 Å². The first kappa shape index (κ1) is 10.8. The summed E-state index contributed by atoms with van der Waals surface area (Å²) >= 11 is 0. The summed E-state index contributed by atoms with van der Waals surface area (Å²) in [5.41, 5.74) is 5.04. The second-order valence-electron chi connectivity index (χ2n) is 2.12. The number of nitrogens with zero attached hydrogens (tertiary/aromatic N) is 1. The van der Waals surface area contributed by atoms with Crippen LogP contribution in [0.2, 0.25) is 0 Å². The van der Waals surface area contributed by atoms with Gasteiger partial charge in [-0.15, -0.1) is 0 Å². The van der Waals surface area contributed by atoms with Crippen LogP contribution >= 0.6 is 0 Å². The maximum atomic E-state index is 11.0. The van der Waals surface area contributed by atoms with Gasteiger partial charge in [-0.2, -0.15) is 0 Å². The first-order valence-corrected chi connectivity index (χ1v) is 3.64. The van der Waals surface area contributed by atoms with E-state index in [0.29, 0.717) is 6.29 Å². The number of imide groups is 1. The van der Waals surface area contributed by atoms with Crippen molar-refractivity contribution in [1.29, 1.82) is 0 Å². The smallest absolute Gasteiger partial charge is 0.243 e. The lowest BCUT2D eigenvalue weighted by molar-refractivity contribution is -0.145. The normalized spacial score (nSPS) is 9.17. The summed E-state index contributed by atoms with van der Waals surface area (Å²) in [4.78, 5) is 32.8. The second-order valence-corrected chi connectivity index (χ2v) is 2.12. The molecule has 2 N–H and O–H groups in total. The van der Waals surface area contributed by atoms with Gasteiger partial charge in [0, 0.05) is 6.42 Å². The highest BCUT2D eigenvalue weighted by Gasteiger charge is 2.17. The predicted octanol–water partition coefficient (Wildman–Crippen LogP) is -1.09. The molecule has 0 radical (unpaired) electrons. The first-order valence-electron chi connectivity index (χ1n) is 3.64. The number of carbonyl (C=O) groups excluding carboxylic acids is 3. The van der Waals surface area contributed by atoms with Crippen LogP contribution in [0.1, 0.15) is 13.3 Å². The van der Waals surface area contributed by atoms with Gasteiger partial charge in [-0.1, -0.05) is 6.92 Å². The van der Waals surface area contributed by atoms with Crippen LogP contribution in [0.5, 0.6) is 0 Å². The van der Waals surface area contributed by atoms with E-state index in [0.717, 1.165) is 4.90 Å². The highest BCUT2D eigenvalue weighted by Crippen LogP contribution is 1.92. The van der Waals surface area contributed by atoms with E-state index in [2.05, 4.69) is 0 Å². The molecule has 0 aromatic rings. The molecule has 0 aromatic carbocycles. The second kappa shape index (κ2) is 5.42. The van der Waals surface area contributed by atoms with Crippen LogP contribution in [-0.4, -0.2) is 36.1 Å². The molecule has 5 nitrogen and oxygen atoms in total. The number of amides is 2. The van der Waals surface area contributed by atoms with Crippen molar-refractivity contribution in [3.05, 3.63) is 0 Å². The molecule has 0 rings (SSSR count). The highest BCUT2D eigenvalue weighted by atomic mass is 16.2. The number of hydrogen-bond donors (Lipinski definition) is 1. The van der Waals surface area contributed by atoms with E-state index in [9.17, 15) is 14.4 Å². The molecule has 0 aliphatic carbocycles. The monoisotopic (exact) mass is 172 g/mol. The topological polar surface area (TPSA) is 80.5 Å². The fourth-order valence-corrected chi connectivity index (χ4v) is 0.718. The fourth-order valence-electron chi connectivity index (χ4n) is 0.718. The van der Waals surface area contributed by atoms with Crippen LogP contribution in [0.15, 0.2) is 0 Å². The minimum atomic E-state index is -0.519. The van der Waals surface area contributed by atoms with Crippen molar-refractivity contribution in [2.24, 2.45) is 5.73 Å². The Bertz CT molecular complexity index is 175. The van der Waals surface area contributed by atoms with E-state index in [1.807, 2.05) is 0 Å². The highest BCUT2D eigenvalue weighted by molar-refractivity contribution is 5.97. The standard InChI is InChI=1S/C7H12N2O3/c1-2-6(11)9(3-4-10)7(12)5-8/h4H,2-3,5,8H2,1H3. The SMILES string of the molecule is CCC(=O)N(CC=O)C(=O)CN. The fraction of sp³-hybridized carbons (Fsp3) is 0.571. The number of nitrogens with two attached hydrogens (primary N) is 1. The minimum Gasteiger partial charge on any atom is -0.322 e. The van der Waals surface area contributed by atoms with Gasteiger partial charge in [0.25, 0.3) is 0 Å². The summed E-state index contributed by atoms with van der Waals surface area (Å²) in [6.45, 7) is 1.16. The number of hydrogen-bond acceptors (Lipinski definition) is 4. The lowest BCUT2D eigenvalue weighted by atomic mass is 10.3. The van der Waals surface area contributed by atoms with Crippen molar-refractivity contribution in [3.8, 4) is 0 Å². The lowest BCUT2D eigenvalue weighted by Crippen LogP contribution is -2.41. The van der Waals surface area contributed by atoms with Crippen LogP contribution in [-0.2, 0) is 14.4 Å². The molecule has 12 heavy (non-hydrogen) atoms. The van der Waals surface area contributed by atoms with Gasteiger partial charge in [0.15, 0.2) is 0 Å². The van der Waals surface area contributed by atoms with E-state index in [1.165, 1.54) is 0 Å². The molecular formula is C7H12N2O3. The molecule has 0 fully saturated rings. The van der Waals surface area contributed by atoms with Gasteiger partial charge in [0.05, 0.1) is 13.1 Å². The van der Waals surface area contributed by atoms with Crippen LogP contribution in [0, 0.1) is 0 Å². The van der Waals surface area contributed by atoms with E-state index >= 15 is 0 Å². The van der Waals surface area contributed by atoms with Gasteiger partial charge in [-0.25, -0.2) is 0 Å². The van der Waals surface area contributed by atoms with Crippen LogP contribution in [0.3, 0.4) is 0 Å². The van der Waals surface area contributed by atoms with Crippen molar-refractivity contribution >= 4 is 18.1 Å². The van der Waals surface area contributed by atoms with Crippen LogP contribution < -0.4 is 5.73 Å². The molecule has 5 heteroatoms. The maximum Gasteiger partial charge on any atom is 0.243 e. The Morgan fingerprint density at radius 1 is 1.42 bits per heavy atom. The van der Waals surface area contributed by atoms with Crippen LogP contribution in [0.4, 0.5) is 0 Å². The zero-order valence-electron chi connectivity index (χ0n) is 6.95. The third kappa shape index (κ3) is 2.79. The average Bonchev–Trinajstić information content (AvgIpc) is 2.11. The molecule has 0 bridgehead atoms. The van der Waals surface area contributed by atoms with Gasteiger partial charge in [-0.05, 0) is 0 Å². The van der Waals surface area contributed by atoms with E-state index in [1.54, 1.807) is 6.92 Å². The Hall–Kier alpha value is -1.23. The number of rotatable bonds is 4. The van der Waals surface area contributed by atoms with Gasteiger partial charge in [0.1, 0.15) is 6.29 Å². The molecular weight excluding hydrogens is 160 g/mol. The Morgan fingerprint density at radius 3 is 2.33 bits per heavy atom. The molecule has 0 aliphatic heterocycles. The Morgan fingerprint density at radius 2 is 2.00 bits per heavy atom. The molecule has 0 spiro atoms. The molecule has 68 valence electrons. The first-order chi connectivity index (χ1) is 5.67. The van der Waals surface area contributed by atoms with Gasteiger partial charge in [-0.3, -0.25) is 14.5 Å². The van der Waals surface area contributed by atoms with Gasteiger partial charge < -0.3 is 10.5 Å². The lowest BCUT2D eigenvalue weighted by Gasteiger charge is -2.15. The molecule has 0 aromatic heterocycles. The zero-order valence-corrected chi connectivity index (χ0v) is 6.95. The quantitative estimate of drug-likeness (QED) is 0.546. The zero-order chi connectivity index (χ0) is 9.56. The van der Waals surface area contributed by atoms with E-state index in [-0.39, 0.29) is 25.4 Å². The summed E-state index contributed by atoms with van der Waals surface area (Å²) in [6, 6.07) is 0. The Kier molecular flexibility index (Phi) is 4.87. The molecule has 0 heterocycles. The Labute approximate surface area is 70.5 Å². The van der Waals surface area contributed by atoms with Crippen molar-refractivity contribution in [2.75, 3.05) is 13.1 Å². The van der Waals surface area contributed by atoms with Crippen molar-refractivity contribution in [3.63, 3.8) is 0 Å². The molecule has 0 saturated heterocycles.